The highest BCUT2D eigenvalue weighted by atomic mass is 16.5. The van der Waals surface area contributed by atoms with Crippen LogP contribution in [0.25, 0.3) is 0 Å². The minimum Gasteiger partial charge on any atom is -0.489 e. The van der Waals surface area contributed by atoms with E-state index >= 15 is 0 Å². The molecule has 0 aliphatic carbocycles. The maximum atomic E-state index is 7.49. The fourth-order valence-electron chi connectivity index (χ4n) is 3.22. The van der Waals surface area contributed by atoms with Gasteiger partial charge in [0, 0.05) is 17.2 Å². The molecule has 3 rings (SSSR count). The number of nitrogens with two attached hydrogens (primary N) is 2. The second-order valence-corrected chi connectivity index (χ2v) is 7.71. The van der Waals surface area contributed by atoms with E-state index in [0.717, 1.165) is 41.9 Å². The predicted molar refractivity (Wildman–Crippen MR) is 129 cm³/mol. The number of rotatable bonds is 11. The zero-order valence-corrected chi connectivity index (χ0v) is 18.4. The molecule has 0 spiro atoms. The van der Waals surface area contributed by atoms with Crippen LogP contribution in [0, 0.1) is 10.8 Å². The van der Waals surface area contributed by atoms with Crippen LogP contribution in [-0.4, -0.2) is 11.7 Å². The lowest BCUT2D eigenvalue weighted by atomic mass is 10.1. The molecule has 0 fully saturated rings. The van der Waals surface area contributed by atoms with E-state index in [9.17, 15) is 0 Å². The van der Waals surface area contributed by atoms with Gasteiger partial charge in [-0.3, -0.25) is 10.8 Å². The van der Waals surface area contributed by atoms with Gasteiger partial charge in [-0.15, -0.1) is 0 Å². The topological polar surface area (TPSA) is 118 Å². The predicted octanol–water partition coefficient (Wildman–Crippen LogP) is 4.76. The van der Waals surface area contributed by atoms with Crippen molar-refractivity contribution in [2.45, 2.75) is 39.4 Å². The first-order valence-electron chi connectivity index (χ1n) is 10.7. The zero-order chi connectivity index (χ0) is 22.9. The molecule has 166 valence electrons. The van der Waals surface area contributed by atoms with Gasteiger partial charge in [0.2, 0.25) is 0 Å². The molecule has 6 heteroatoms. The molecule has 0 unspecified atom stereocenters. The molecular formula is C26H30N4O2. The van der Waals surface area contributed by atoms with Crippen molar-refractivity contribution in [3.8, 4) is 11.5 Å². The van der Waals surface area contributed by atoms with Crippen molar-refractivity contribution in [3.05, 3.63) is 94.5 Å². The molecule has 6 nitrogen and oxygen atoms in total. The van der Waals surface area contributed by atoms with E-state index in [2.05, 4.69) is 19.1 Å². The molecule has 0 bridgehead atoms. The Bertz CT molecular complexity index is 980. The monoisotopic (exact) mass is 430 g/mol. The van der Waals surface area contributed by atoms with Crippen molar-refractivity contribution < 1.29 is 9.47 Å². The molecule has 0 amide bonds. The van der Waals surface area contributed by atoms with Crippen LogP contribution in [0.2, 0.25) is 0 Å². The van der Waals surface area contributed by atoms with Crippen molar-refractivity contribution in [2.24, 2.45) is 11.5 Å². The number of unbranched alkanes of at least 4 members (excludes halogenated alkanes) is 1. The maximum Gasteiger partial charge on any atom is 0.123 e. The van der Waals surface area contributed by atoms with Gasteiger partial charge in [-0.2, -0.15) is 0 Å². The first kappa shape index (κ1) is 22.9. The van der Waals surface area contributed by atoms with E-state index in [-0.39, 0.29) is 11.7 Å². The summed E-state index contributed by atoms with van der Waals surface area (Å²) in [5.41, 5.74) is 15.6. The van der Waals surface area contributed by atoms with E-state index in [0.29, 0.717) is 24.3 Å². The quantitative estimate of drug-likeness (QED) is 0.259. The average Bonchev–Trinajstić information content (AvgIpc) is 2.80. The number of hydrogen-bond acceptors (Lipinski definition) is 4. The van der Waals surface area contributed by atoms with E-state index in [1.54, 1.807) is 0 Å². The molecule has 32 heavy (non-hydrogen) atoms. The molecular weight excluding hydrogens is 400 g/mol. The summed E-state index contributed by atoms with van der Waals surface area (Å²) in [5, 5.41) is 15.0. The van der Waals surface area contributed by atoms with Crippen LogP contribution in [-0.2, 0) is 19.6 Å². The van der Waals surface area contributed by atoms with Gasteiger partial charge >= 0.3 is 0 Å². The van der Waals surface area contributed by atoms with Gasteiger partial charge in [0.1, 0.15) is 36.4 Å². The highest BCUT2D eigenvalue weighted by molar-refractivity contribution is 5.95. The second-order valence-electron chi connectivity index (χ2n) is 7.71. The van der Waals surface area contributed by atoms with Crippen LogP contribution >= 0.6 is 0 Å². The zero-order valence-electron chi connectivity index (χ0n) is 18.4. The average molecular weight is 431 g/mol. The summed E-state index contributed by atoms with van der Waals surface area (Å²) in [7, 11) is 0. The van der Waals surface area contributed by atoms with Crippen molar-refractivity contribution in [3.63, 3.8) is 0 Å². The molecule has 3 aromatic rings. The SMILES string of the molecule is CCCCc1cc(OCc2ccc(C(=N)N)cc2)cc(OCc2ccc(C(=N)N)cc2)c1. The van der Waals surface area contributed by atoms with Crippen molar-refractivity contribution in [1.29, 1.82) is 10.8 Å². The van der Waals surface area contributed by atoms with E-state index in [1.165, 1.54) is 5.56 Å². The Morgan fingerprint density at radius 2 is 1.12 bits per heavy atom. The molecule has 0 saturated carbocycles. The Balaban J connectivity index is 1.69. The first-order chi connectivity index (χ1) is 15.4. The normalized spacial score (nSPS) is 10.5. The summed E-state index contributed by atoms with van der Waals surface area (Å²) in [6.45, 7) is 3.01. The van der Waals surface area contributed by atoms with Gasteiger partial charge in [-0.25, -0.2) is 0 Å². The summed E-state index contributed by atoms with van der Waals surface area (Å²) in [6, 6.07) is 21.0. The summed E-state index contributed by atoms with van der Waals surface area (Å²) in [5.74, 6) is 1.63. The molecule has 0 radical (unpaired) electrons. The number of nitrogens with one attached hydrogen (secondary N) is 2. The molecule has 0 atom stereocenters. The fraction of sp³-hybridized carbons (Fsp3) is 0.231. The number of ether oxygens (including phenoxy) is 2. The lowest BCUT2D eigenvalue weighted by Gasteiger charge is -2.13. The summed E-state index contributed by atoms with van der Waals surface area (Å²) < 4.78 is 12.1. The van der Waals surface area contributed by atoms with E-state index in [4.69, 9.17) is 31.8 Å². The van der Waals surface area contributed by atoms with E-state index in [1.807, 2.05) is 54.6 Å². The molecule has 0 heterocycles. The largest absolute Gasteiger partial charge is 0.489 e. The summed E-state index contributed by atoms with van der Waals surface area (Å²) in [4.78, 5) is 0. The third-order valence-corrected chi connectivity index (χ3v) is 5.10. The summed E-state index contributed by atoms with van der Waals surface area (Å²) >= 11 is 0. The van der Waals surface area contributed by atoms with Crippen LogP contribution in [0.5, 0.6) is 11.5 Å². The number of hydrogen-bond donors (Lipinski definition) is 4. The minimum absolute atomic E-state index is 0.0545. The Labute approximate surface area is 189 Å². The molecule has 3 aromatic carbocycles. The number of amidine groups is 2. The smallest absolute Gasteiger partial charge is 0.123 e. The van der Waals surface area contributed by atoms with Gasteiger partial charge in [0.25, 0.3) is 0 Å². The standard InChI is InChI=1S/C26H30N4O2/c1-2-3-4-20-13-23(31-16-18-5-9-21(10-6-18)25(27)28)15-24(14-20)32-17-19-7-11-22(12-8-19)26(29)30/h5-15H,2-4,16-17H2,1H3,(H3,27,28)(H3,29,30). The van der Waals surface area contributed by atoms with Gasteiger partial charge < -0.3 is 20.9 Å². The van der Waals surface area contributed by atoms with Crippen LogP contribution in [0.3, 0.4) is 0 Å². The Morgan fingerprint density at radius 1 is 0.688 bits per heavy atom. The van der Waals surface area contributed by atoms with Crippen molar-refractivity contribution >= 4 is 11.7 Å². The Morgan fingerprint density at radius 3 is 1.50 bits per heavy atom. The van der Waals surface area contributed by atoms with E-state index < -0.39 is 0 Å². The Kier molecular flexibility index (Phi) is 7.86. The Hall–Kier alpha value is -3.80. The number of nitrogen functional groups attached to an aromatic ring is 2. The number of benzene rings is 3. The minimum atomic E-state index is 0.0545. The highest BCUT2D eigenvalue weighted by Gasteiger charge is 2.06. The lowest BCUT2D eigenvalue weighted by molar-refractivity contribution is 0.289. The van der Waals surface area contributed by atoms with Crippen LogP contribution in [0.15, 0.2) is 66.7 Å². The van der Waals surface area contributed by atoms with Gasteiger partial charge in [0.15, 0.2) is 0 Å². The maximum absolute atomic E-state index is 7.49. The van der Waals surface area contributed by atoms with Crippen molar-refractivity contribution in [1.82, 2.24) is 0 Å². The lowest BCUT2D eigenvalue weighted by Crippen LogP contribution is -2.10. The molecule has 0 aromatic heterocycles. The molecule has 6 N–H and O–H groups in total. The third kappa shape index (κ3) is 6.60. The van der Waals surface area contributed by atoms with Crippen LogP contribution < -0.4 is 20.9 Å². The third-order valence-electron chi connectivity index (χ3n) is 5.10. The number of aryl methyl sites for hydroxylation is 1. The highest BCUT2D eigenvalue weighted by Crippen LogP contribution is 2.26. The van der Waals surface area contributed by atoms with Gasteiger partial charge in [0.05, 0.1) is 0 Å². The van der Waals surface area contributed by atoms with Crippen LogP contribution in [0.4, 0.5) is 0 Å². The van der Waals surface area contributed by atoms with Gasteiger partial charge in [-0.05, 0) is 41.7 Å². The fourth-order valence-corrected chi connectivity index (χ4v) is 3.22. The van der Waals surface area contributed by atoms with Crippen LogP contribution in [0.1, 0.15) is 47.6 Å². The van der Waals surface area contributed by atoms with Crippen molar-refractivity contribution in [2.75, 3.05) is 0 Å². The molecule has 0 aliphatic rings. The second kappa shape index (κ2) is 11.0. The van der Waals surface area contributed by atoms with Gasteiger partial charge in [-0.1, -0.05) is 61.9 Å². The molecule has 0 saturated heterocycles. The summed E-state index contributed by atoms with van der Waals surface area (Å²) in [6.07, 6.45) is 3.18. The molecule has 0 aliphatic heterocycles. The first-order valence-corrected chi connectivity index (χ1v) is 10.7.